The minimum Gasteiger partial charge on any atom is -0.350 e. The van der Waals surface area contributed by atoms with Gasteiger partial charge >= 0.3 is 0 Å². The Labute approximate surface area is 184 Å². The number of amides is 1. The van der Waals surface area contributed by atoms with Crippen molar-refractivity contribution in [3.63, 3.8) is 0 Å². The number of aryl methyl sites for hydroxylation is 3. The van der Waals surface area contributed by atoms with E-state index in [4.69, 9.17) is 11.6 Å². The Morgan fingerprint density at radius 1 is 1.06 bits per heavy atom. The molecule has 0 aliphatic rings. The first kappa shape index (κ1) is 20.8. The van der Waals surface area contributed by atoms with Crippen LogP contribution in [0.5, 0.6) is 0 Å². The second kappa shape index (κ2) is 8.35. The zero-order valence-corrected chi connectivity index (χ0v) is 18.3. The van der Waals surface area contributed by atoms with Gasteiger partial charge < -0.3 is 5.32 Å². The molecule has 0 unspecified atom stereocenters. The average molecular weight is 436 g/mol. The summed E-state index contributed by atoms with van der Waals surface area (Å²) in [7, 11) is 0. The van der Waals surface area contributed by atoms with Gasteiger partial charge in [0.05, 0.1) is 22.5 Å². The molecule has 0 bridgehead atoms. The van der Waals surface area contributed by atoms with Crippen LogP contribution in [0.4, 0.5) is 0 Å². The number of hydrogen-bond acceptors (Lipinski definition) is 4. The van der Waals surface area contributed by atoms with Crippen LogP contribution in [0.1, 0.15) is 22.5 Å². The first-order chi connectivity index (χ1) is 14.8. The van der Waals surface area contributed by atoms with Crippen molar-refractivity contribution >= 4 is 28.4 Å². The Kier molecular flexibility index (Phi) is 5.61. The summed E-state index contributed by atoms with van der Waals surface area (Å²) in [5.41, 5.74) is 4.26. The largest absolute Gasteiger partial charge is 0.350 e. The summed E-state index contributed by atoms with van der Waals surface area (Å²) in [5, 5.41) is 13.0. The van der Waals surface area contributed by atoms with E-state index < -0.39 is 5.56 Å². The number of aromatic nitrogens is 4. The van der Waals surface area contributed by atoms with Crippen LogP contribution in [0.25, 0.3) is 16.6 Å². The van der Waals surface area contributed by atoms with Crippen LogP contribution in [-0.4, -0.2) is 25.5 Å². The van der Waals surface area contributed by atoms with Crippen molar-refractivity contribution in [1.29, 1.82) is 0 Å². The normalized spacial score (nSPS) is 11.1. The van der Waals surface area contributed by atoms with Gasteiger partial charge in [0.1, 0.15) is 6.54 Å². The van der Waals surface area contributed by atoms with E-state index in [1.807, 2.05) is 57.2 Å². The van der Waals surface area contributed by atoms with E-state index in [2.05, 4.69) is 15.5 Å². The molecule has 0 aliphatic heterocycles. The van der Waals surface area contributed by atoms with Gasteiger partial charge in [0.15, 0.2) is 5.52 Å². The van der Waals surface area contributed by atoms with Crippen LogP contribution in [0.3, 0.4) is 0 Å². The van der Waals surface area contributed by atoms with Crippen molar-refractivity contribution in [3.8, 4) is 5.69 Å². The Morgan fingerprint density at radius 2 is 1.81 bits per heavy atom. The van der Waals surface area contributed by atoms with Gasteiger partial charge in [-0.15, -0.1) is 0 Å². The number of fused-ring (bicyclic) bond motifs is 1. The lowest BCUT2D eigenvalue weighted by molar-refractivity contribution is -0.122. The molecule has 0 saturated heterocycles. The van der Waals surface area contributed by atoms with Gasteiger partial charge in [-0.05, 0) is 50.6 Å². The van der Waals surface area contributed by atoms with Gasteiger partial charge in [0.2, 0.25) is 5.91 Å². The minimum absolute atomic E-state index is 0.188. The highest BCUT2D eigenvalue weighted by Crippen LogP contribution is 2.21. The Morgan fingerprint density at radius 3 is 2.52 bits per heavy atom. The van der Waals surface area contributed by atoms with Gasteiger partial charge in [-0.25, -0.2) is 9.36 Å². The highest BCUT2D eigenvalue weighted by atomic mass is 35.5. The summed E-state index contributed by atoms with van der Waals surface area (Å²) < 4.78 is 2.90. The predicted molar refractivity (Wildman–Crippen MR) is 121 cm³/mol. The number of hydrogen-bond donors (Lipinski definition) is 1. The molecule has 1 N–H and O–H groups in total. The third kappa shape index (κ3) is 4.22. The molecule has 0 radical (unpaired) electrons. The molecule has 4 rings (SSSR count). The zero-order valence-electron chi connectivity index (χ0n) is 17.5. The molecule has 0 aliphatic carbocycles. The summed E-state index contributed by atoms with van der Waals surface area (Å²) >= 11 is 5.97. The van der Waals surface area contributed by atoms with E-state index in [1.54, 1.807) is 16.8 Å². The fourth-order valence-corrected chi connectivity index (χ4v) is 3.78. The van der Waals surface area contributed by atoms with Crippen LogP contribution in [0, 0.1) is 20.8 Å². The van der Waals surface area contributed by atoms with Crippen molar-refractivity contribution in [2.45, 2.75) is 33.9 Å². The van der Waals surface area contributed by atoms with Crippen LogP contribution < -0.4 is 10.9 Å². The molecule has 0 spiro atoms. The Bertz CT molecular complexity index is 1340. The zero-order chi connectivity index (χ0) is 22.1. The van der Waals surface area contributed by atoms with E-state index >= 15 is 0 Å². The van der Waals surface area contributed by atoms with Gasteiger partial charge in [0, 0.05) is 11.6 Å². The van der Waals surface area contributed by atoms with Gasteiger partial charge in [0.25, 0.3) is 5.56 Å². The fourth-order valence-electron chi connectivity index (χ4n) is 3.57. The van der Waals surface area contributed by atoms with E-state index in [0.29, 0.717) is 28.2 Å². The SMILES string of the molecule is Cc1ccc(-n2nc3c(=O)n(CC(=O)NCc4cccc(Cl)c4)nc(C)c3c2C)cc1. The van der Waals surface area contributed by atoms with Crippen LogP contribution in [-0.2, 0) is 17.9 Å². The summed E-state index contributed by atoms with van der Waals surface area (Å²) in [4.78, 5) is 25.4. The fraction of sp³-hybridized carbons (Fsp3) is 0.217. The Hall–Kier alpha value is -3.45. The molecule has 1 amide bonds. The van der Waals surface area contributed by atoms with E-state index in [9.17, 15) is 9.59 Å². The molecule has 2 heterocycles. The molecule has 0 saturated carbocycles. The van der Waals surface area contributed by atoms with Crippen LogP contribution in [0.2, 0.25) is 5.02 Å². The molecule has 7 nitrogen and oxygen atoms in total. The number of nitrogens with zero attached hydrogens (tertiary/aromatic N) is 4. The molecule has 2 aromatic heterocycles. The maximum Gasteiger partial charge on any atom is 0.295 e. The van der Waals surface area contributed by atoms with Crippen LogP contribution >= 0.6 is 11.6 Å². The molecule has 2 aromatic carbocycles. The van der Waals surface area contributed by atoms with Crippen molar-refractivity contribution in [1.82, 2.24) is 24.9 Å². The number of nitrogens with one attached hydrogen (secondary N) is 1. The molecular weight excluding hydrogens is 414 g/mol. The van der Waals surface area contributed by atoms with Crippen molar-refractivity contribution < 1.29 is 4.79 Å². The maximum absolute atomic E-state index is 13.0. The second-order valence-electron chi connectivity index (χ2n) is 7.51. The summed E-state index contributed by atoms with van der Waals surface area (Å²) in [6, 6.07) is 15.1. The Balaban J connectivity index is 1.62. The molecule has 0 fully saturated rings. The minimum atomic E-state index is -0.396. The third-order valence-corrected chi connectivity index (χ3v) is 5.37. The number of carbonyl (C=O) groups excluding carboxylic acids is 1. The molecule has 0 atom stereocenters. The predicted octanol–water partition coefficient (Wildman–Crippen LogP) is 3.48. The summed E-state index contributed by atoms with van der Waals surface area (Å²) in [5.74, 6) is -0.317. The molecular formula is C23H22ClN5O2. The number of benzene rings is 2. The number of rotatable bonds is 5. The smallest absolute Gasteiger partial charge is 0.295 e. The van der Waals surface area contributed by atoms with Crippen molar-refractivity contribution in [2.75, 3.05) is 0 Å². The first-order valence-corrected chi connectivity index (χ1v) is 10.3. The highest BCUT2D eigenvalue weighted by Gasteiger charge is 2.18. The lowest BCUT2D eigenvalue weighted by Gasteiger charge is -2.08. The average Bonchev–Trinajstić information content (AvgIpc) is 3.09. The molecule has 4 aromatic rings. The van der Waals surface area contributed by atoms with E-state index in [0.717, 1.165) is 27.2 Å². The van der Waals surface area contributed by atoms with Crippen molar-refractivity contribution in [2.24, 2.45) is 0 Å². The quantitative estimate of drug-likeness (QED) is 0.520. The summed E-state index contributed by atoms with van der Waals surface area (Å²) in [6.45, 7) is 5.87. The lowest BCUT2D eigenvalue weighted by Crippen LogP contribution is -2.34. The van der Waals surface area contributed by atoms with Crippen molar-refractivity contribution in [3.05, 3.63) is 86.4 Å². The monoisotopic (exact) mass is 435 g/mol. The molecule has 31 heavy (non-hydrogen) atoms. The number of carbonyl (C=O) groups is 1. The second-order valence-corrected chi connectivity index (χ2v) is 7.95. The van der Waals surface area contributed by atoms with Crippen LogP contribution in [0.15, 0.2) is 53.3 Å². The third-order valence-electron chi connectivity index (χ3n) is 5.14. The van der Waals surface area contributed by atoms with E-state index in [-0.39, 0.29) is 12.5 Å². The molecule has 158 valence electrons. The maximum atomic E-state index is 13.0. The van der Waals surface area contributed by atoms with E-state index in [1.165, 1.54) is 0 Å². The summed E-state index contributed by atoms with van der Waals surface area (Å²) in [6.07, 6.45) is 0. The number of halogens is 1. The standard InChI is InChI=1S/C23H22ClN5O2/c1-14-7-9-19(10-8-14)29-16(3)21-15(2)26-28(23(31)22(21)27-29)13-20(30)25-12-17-5-4-6-18(24)11-17/h4-11H,12-13H2,1-3H3,(H,25,30). The van der Waals surface area contributed by atoms with Gasteiger partial charge in [-0.3, -0.25) is 9.59 Å². The lowest BCUT2D eigenvalue weighted by atomic mass is 10.2. The van der Waals surface area contributed by atoms with Gasteiger partial charge in [-0.2, -0.15) is 10.2 Å². The first-order valence-electron chi connectivity index (χ1n) is 9.88. The van der Waals surface area contributed by atoms with Gasteiger partial charge in [-0.1, -0.05) is 41.4 Å². The highest BCUT2D eigenvalue weighted by molar-refractivity contribution is 6.30. The molecule has 8 heteroatoms. The topological polar surface area (TPSA) is 81.8 Å².